The van der Waals surface area contributed by atoms with E-state index in [2.05, 4.69) is 20.8 Å². The van der Waals surface area contributed by atoms with E-state index in [4.69, 9.17) is 0 Å². The van der Waals surface area contributed by atoms with Gasteiger partial charge in [-0.1, -0.05) is 13.8 Å². The summed E-state index contributed by atoms with van der Waals surface area (Å²) in [4.78, 5) is 33.0. The molecular weight excluding hydrogens is 439 g/mol. The van der Waals surface area contributed by atoms with Crippen LogP contribution < -0.4 is 0 Å². The molecule has 3 nitrogen and oxygen atoms in total. The van der Waals surface area contributed by atoms with Crippen molar-refractivity contribution in [3.05, 3.63) is 0 Å². The third kappa shape index (κ3) is 20.5. The van der Waals surface area contributed by atoms with Gasteiger partial charge in [0, 0.05) is 0 Å². The molecule has 0 spiro atoms. The molecule has 0 heterocycles. The zero-order chi connectivity index (χ0) is 25.4. The number of rotatable bonds is 27. The van der Waals surface area contributed by atoms with E-state index < -0.39 is 7.28 Å². The van der Waals surface area contributed by atoms with Crippen molar-refractivity contribution in [2.75, 3.05) is 6.16 Å². The average molecular weight is 505 g/mol. The first-order chi connectivity index (χ1) is 16.4. The van der Waals surface area contributed by atoms with Crippen molar-refractivity contribution in [2.45, 2.75) is 187 Å². The topological polar surface area (TPSA) is 60.7 Å². The van der Waals surface area contributed by atoms with E-state index in [0.29, 0.717) is 0 Å². The van der Waals surface area contributed by atoms with Gasteiger partial charge < -0.3 is 0 Å². The molecule has 0 aromatic rings. The first kappa shape index (κ1) is 34.3. The monoisotopic (exact) mass is 504 g/mol. The second-order valence-electron chi connectivity index (χ2n) is 11.2. The Kier molecular flexibility index (Phi) is 22.7. The zero-order valence-electron chi connectivity index (χ0n) is 23.8. The van der Waals surface area contributed by atoms with Gasteiger partial charge in [-0.15, -0.1) is 0 Å². The van der Waals surface area contributed by atoms with Crippen molar-refractivity contribution in [2.24, 2.45) is 0 Å². The molecule has 0 fully saturated rings. The van der Waals surface area contributed by atoms with Crippen LogP contribution in [0, 0.1) is 0 Å². The third-order valence-corrected chi connectivity index (χ3v) is 10.9. The van der Waals surface area contributed by atoms with Crippen molar-refractivity contribution in [1.29, 1.82) is 0 Å². The van der Waals surface area contributed by atoms with E-state index in [1.54, 1.807) is 0 Å². The molecule has 0 rings (SSSR count). The van der Waals surface area contributed by atoms with Crippen LogP contribution >= 0.6 is 7.28 Å². The predicted octanol–water partition coefficient (Wildman–Crippen LogP) is 10.4. The van der Waals surface area contributed by atoms with Gasteiger partial charge in [0.05, 0.1) is 0 Å². The fourth-order valence-corrected chi connectivity index (χ4v) is 7.86. The van der Waals surface area contributed by atoms with Crippen LogP contribution in [0.15, 0.2) is 0 Å². The maximum absolute atomic E-state index is 11.0. The summed E-state index contributed by atoms with van der Waals surface area (Å²) in [6.07, 6.45) is 30.2. The van der Waals surface area contributed by atoms with Crippen LogP contribution in [0.1, 0.15) is 181 Å². The van der Waals surface area contributed by atoms with Gasteiger partial charge in [-0.25, -0.2) is 0 Å². The maximum atomic E-state index is 11.0. The second kappa shape index (κ2) is 22.5. The van der Waals surface area contributed by atoms with Gasteiger partial charge in [0.2, 0.25) is 0 Å². The number of hydrogen-bond acceptors (Lipinski definition) is 3. The van der Waals surface area contributed by atoms with Gasteiger partial charge >= 0.3 is 201 Å². The Balaban J connectivity index is 4.07. The quantitative estimate of drug-likeness (QED) is 0.0770. The minimum absolute atomic E-state index is 0.217. The van der Waals surface area contributed by atoms with Gasteiger partial charge in [0.1, 0.15) is 0 Å². The predicted molar refractivity (Wildman–Crippen MR) is 155 cm³/mol. The molecule has 0 amide bonds. The van der Waals surface area contributed by atoms with E-state index in [1.165, 1.54) is 103 Å². The summed E-state index contributed by atoms with van der Waals surface area (Å²) in [5, 5.41) is 0. The van der Waals surface area contributed by atoms with Gasteiger partial charge in [0.15, 0.2) is 0 Å². The Hall–Kier alpha value is 0.310. The second-order valence-corrected chi connectivity index (χ2v) is 14.9. The number of unbranched alkanes of at least 4 members (excludes halogenated alkanes) is 20. The molecule has 0 saturated heterocycles. The molecule has 0 bridgehead atoms. The van der Waals surface area contributed by atoms with Crippen LogP contribution in [0.2, 0.25) is 0 Å². The smallest absolute Gasteiger partial charge is 0.0654 e. The van der Waals surface area contributed by atoms with Crippen molar-refractivity contribution in [3.63, 3.8) is 0 Å². The van der Waals surface area contributed by atoms with E-state index in [1.807, 2.05) is 0 Å². The normalized spacial score (nSPS) is 14.2. The molecule has 0 saturated carbocycles. The van der Waals surface area contributed by atoms with Crippen LogP contribution in [-0.4, -0.2) is 26.5 Å². The van der Waals surface area contributed by atoms with Crippen molar-refractivity contribution >= 4 is 7.28 Å². The molecular formula is C30H65O3P. The average Bonchev–Trinajstić information content (AvgIpc) is 2.80. The Morgan fingerprint density at radius 1 is 0.382 bits per heavy atom. The minimum Gasteiger partial charge on any atom is -0.0654 e. The fourth-order valence-electron chi connectivity index (χ4n) is 5.24. The summed E-state index contributed by atoms with van der Waals surface area (Å²) in [5.41, 5.74) is -0.303. The van der Waals surface area contributed by atoms with Crippen molar-refractivity contribution in [1.82, 2.24) is 0 Å². The Labute approximate surface area is 215 Å². The van der Waals surface area contributed by atoms with Gasteiger partial charge in [-0.2, -0.15) is 0 Å². The van der Waals surface area contributed by atoms with E-state index in [0.717, 1.165) is 57.8 Å². The fraction of sp³-hybridized carbons (Fsp3) is 1.00. The van der Waals surface area contributed by atoms with Gasteiger partial charge in [-0.05, 0) is 0 Å². The molecule has 1 unspecified atom stereocenters. The summed E-state index contributed by atoms with van der Waals surface area (Å²) in [6.45, 7) is 6.66. The Morgan fingerprint density at radius 2 is 0.676 bits per heavy atom. The molecule has 3 N–H and O–H groups in total. The SMILES string of the molecule is CCCCCCCCCCCCCP(O)(O)(O)C(CCCC)CCCCCCCCCCCC. The first-order valence-corrected chi connectivity index (χ1v) is 18.0. The first-order valence-electron chi connectivity index (χ1n) is 15.6. The van der Waals surface area contributed by atoms with E-state index in [-0.39, 0.29) is 11.8 Å². The van der Waals surface area contributed by atoms with E-state index in [9.17, 15) is 14.7 Å². The molecule has 0 aromatic carbocycles. The minimum atomic E-state index is -4.54. The summed E-state index contributed by atoms with van der Waals surface area (Å²) in [6, 6.07) is 0. The molecule has 0 aliphatic carbocycles. The molecule has 34 heavy (non-hydrogen) atoms. The van der Waals surface area contributed by atoms with Crippen LogP contribution in [-0.2, 0) is 0 Å². The standard InChI is InChI=1S/C30H65O3P/c1-4-7-10-12-14-16-18-20-22-24-26-29-34(31,32,33)30(27-9-6-3)28-25-23-21-19-17-15-13-11-8-5-2/h30-33H,4-29H2,1-3H3. The van der Waals surface area contributed by atoms with Crippen molar-refractivity contribution in [3.8, 4) is 0 Å². The van der Waals surface area contributed by atoms with Gasteiger partial charge in [-0.3, -0.25) is 0 Å². The summed E-state index contributed by atoms with van der Waals surface area (Å²) in [5.74, 6) is 0. The van der Waals surface area contributed by atoms with Crippen LogP contribution in [0.25, 0.3) is 0 Å². The summed E-state index contributed by atoms with van der Waals surface area (Å²) < 4.78 is 0. The van der Waals surface area contributed by atoms with Crippen LogP contribution in [0.5, 0.6) is 0 Å². The van der Waals surface area contributed by atoms with Crippen molar-refractivity contribution < 1.29 is 14.7 Å². The third-order valence-electron chi connectivity index (χ3n) is 7.72. The molecule has 0 aliphatic heterocycles. The molecule has 208 valence electrons. The Bertz CT molecular complexity index is 419. The summed E-state index contributed by atoms with van der Waals surface area (Å²) in [7, 11) is -4.54. The summed E-state index contributed by atoms with van der Waals surface area (Å²) >= 11 is 0. The number of hydrogen-bond donors (Lipinski definition) is 3. The van der Waals surface area contributed by atoms with E-state index >= 15 is 0 Å². The molecule has 0 aromatic heterocycles. The molecule has 1 atom stereocenters. The molecule has 0 radical (unpaired) electrons. The zero-order valence-corrected chi connectivity index (χ0v) is 24.6. The molecule has 4 heteroatoms. The van der Waals surface area contributed by atoms with Gasteiger partial charge in [0.25, 0.3) is 0 Å². The van der Waals surface area contributed by atoms with Crippen LogP contribution in [0.3, 0.4) is 0 Å². The van der Waals surface area contributed by atoms with Crippen LogP contribution in [0.4, 0.5) is 0 Å². The Morgan fingerprint density at radius 3 is 1.06 bits per heavy atom. The molecule has 0 aliphatic rings.